The summed E-state index contributed by atoms with van der Waals surface area (Å²) in [6, 6.07) is 0. The Hall–Kier alpha value is 1.07. The molecule has 36 valence electrons. The first-order chi connectivity index (χ1) is 2.77. The van der Waals surface area contributed by atoms with Crippen LogP contribution in [0, 0.1) is 0 Å². The van der Waals surface area contributed by atoms with E-state index in [9.17, 15) is 9.90 Å². The molecule has 0 heterocycles. The van der Waals surface area contributed by atoms with Gasteiger partial charge in [0.1, 0.15) is 0 Å². The van der Waals surface area contributed by atoms with E-state index in [1.165, 1.54) is 0 Å². The molecule has 0 saturated carbocycles. The normalized spacial score (nSPS) is 7.00. The van der Waals surface area contributed by atoms with Crippen molar-refractivity contribution >= 4 is 5.97 Å². The van der Waals surface area contributed by atoms with Crippen LogP contribution in [0.3, 0.4) is 0 Å². The topological polar surface area (TPSA) is 60.4 Å². The Morgan fingerprint density at radius 3 is 2.14 bits per heavy atom. The Morgan fingerprint density at radius 2 is 2.14 bits per heavy atom. The van der Waals surface area contributed by atoms with Gasteiger partial charge in [-0.3, -0.25) is 0 Å². The number of hydrogen-bond donors (Lipinski definition) is 1. The number of carboxylic acid groups (broad SMARTS) is 1. The molecule has 0 saturated heterocycles. The molecule has 0 unspecified atom stereocenters. The number of carbonyl (C=O) groups excluding carboxylic acids is 1. The van der Waals surface area contributed by atoms with Gasteiger partial charge in [-0.2, -0.15) is 0 Å². The minimum absolute atomic E-state index is 0. The van der Waals surface area contributed by atoms with Crippen LogP contribution in [0.25, 0.3) is 0 Å². The van der Waals surface area contributed by atoms with Crippen LogP contribution in [0.1, 0.15) is 6.42 Å². The van der Waals surface area contributed by atoms with Crippen molar-refractivity contribution in [1.29, 1.82) is 0 Å². The molecule has 0 fully saturated rings. The average molecular weight is 128 g/mol. The van der Waals surface area contributed by atoms with Crippen LogP contribution in [0.5, 0.6) is 0 Å². The number of aliphatic hydroxyl groups is 1. The third-order valence-corrected chi connectivity index (χ3v) is 0.316. The van der Waals surface area contributed by atoms with Gasteiger partial charge in [0.05, 0.1) is 0 Å². The van der Waals surface area contributed by atoms with E-state index in [2.05, 4.69) is 0 Å². The Bertz CT molecular complexity index is 54.1. The fourth-order valence-electron chi connectivity index (χ4n) is 0.0913. The first-order valence-electron chi connectivity index (χ1n) is 1.58. The molecular weight excluding hydrogens is 123 g/mol. The Labute approximate surface area is 84.1 Å². The first-order valence-corrected chi connectivity index (χ1v) is 1.58. The van der Waals surface area contributed by atoms with E-state index in [0.717, 1.165) is 0 Å². The molecule has 0 atom stereocenters. The van der Waals surface area contributed by atoms with E-state index >= 15 is 0 Å². The molecule has 0 rings (SSSR count). The maximum Gasteiger partial charge on any atom is 1.00 e. The summed E-state index contributed by atoms with van der Waals surface area (Å²) in [5.41, 5.74) is 0. The van der Waals surface area contributed by atoms with Crippen molar-refractivity contribution in [3.05, 3.63) is 0 Å². The van der Waals surface area contributed by atoms with Crippen LogP contribution >= 0.6 is 0 Å². The van der Waals surface area contributed by atoms with Gasteiger partial charge in [-0.25, -0.2) is 0 Å². The van der Waals surface area contributed by atoms with Crippen molar-refractivity contribution in [3.8, 4) is 0 Å². The molecule has 0 aromatic carbocycles. The molecular formula is C3H5KO3. The summed E-state index contributed by atoms with van der Waals surface area (Å²) in [4.78, 5) is 9.33. The zero-order chi connectivity index (χ0) is 4.99. The average Bonchev–Trinajstić information content (AvgIpc) is 1.35. The van der Waals surface area contributed by atoms with Crippen LogP contribution in [-0.4, -0.2) is 17.7 Å². The molecule has 7 heavy (non-hydrogen) atoms. The number of aliphatic hydroxyl groups excluding tert-OH is 1. The molecule has 0 aliphatic heterocycles. The molecule has 0 aromatic heterocycles. The maximum absolute atomic E-state index is 9.33. The minimum Gasteiger partial charge on any atom is -0.550 e. The van der Waals surface area contributed by atoms with Crippen molar-refractivity contribution in [2.75, 3.05) is 6.61 Å². The SMILES string of the molecule is O=C([O-])CCO.[K+]. The smallest absolute Gasteiger partial charge is 0.550 e. The van der Waals surface area contributed by atoms with Gasteiger partial charge in [0, 0.05) is 19.0 Å². The standard InChI is InChI=1S/C3H6O3.K/c4-2-1-3(5)6;/h4H,1-2H2,(H,5,6);/q;+1/p-1. The summed E-state index contributed by atoms with van der Waals surface area (Å²) < 4.78 is 0. The van der Waals surface area contributed by atoms with Crippen LogP contribution in [0.4, 0.5) is 0 Å². The third kappa shape index (κ3) is 11.0. The van der Waals surface area contributed by atoms with E-state index in [1.54, 1.807) is 0 Å². The number of carboxylic acids is 1. The van der Waals surface area contributed by atoms with Gasteiger partial charge < -0.3 is 15.0 Å². The molecule has 1 N–H and O–H groups in total. The van der Waals surface area contributed by atoms with Crippen molar-refractivity contribution in [2.24, 2.45) is 0 Å². The number of rotatable bonds is 2. The number of hydrogen-bond acceptors (Lipinski definition) is 3. The van der Waals surface area contributed by atoms with Gasteiger partial charge in [-0.05, 0) is 0 Å². The van der Waals surface area contributed by atoms with Gasteiger partial charge in [0.15, 0.2) is 0 Å². The zero-order valence-electron chi connectivity index (χ0n) is 4.18. The summed E-state index contributed by atoms with van der Waals surface area (Å²) in [6.07, 6.45) is -0.264. The van der Waals surface area contributed by atoms with Crippen molar-refractivity contribution in [1.82, 2.24) is 0 Å². The van der Waals surface area contributed by atoms with E-state index in [4.69, 9.17) is 5.11 Å². The van der Waals surface area contributed by atoms with Crippen LogP contribution < -0.4 is 56.5 Å². The summed E-state index contributed by atoms with van der Waals surface area (Å²) in [5, 5.41) is 17.1. The van der Waals surface area contributed by atoms with Gasteiger partial charge in [-0.15, -0.1) is 0 Å². The summed E-state index contributed by atoms with van der Waals surface area (Å²) in [6.45, 7) is -0.331. The first kappa shape index (κ1) is 10.9. The van der Waals surface area contributed by atoms with Gasteiger partial charge in [0.2, 0.25) is 0 Å². The molecule has 0 spiro atoms. The second-order valence-corrected chi connectivity index (χ2v) is 0.846. The molecule has 0 amide bonds. The van der Waals surface area contributed by atoms with Crippen LogP contribution in [0.15, 0.2) is 0 Å². The predicted octanol–water partition coefficient (Wildman–Crippen LogP) is -4.88. The van der Waals surface area contributed by atoms with Crippen LogP contribution in [-0.2, 0) is 4.79 Å². The van der Waals surface area contributed by atoms with Crippen molar-refractivity contribution < 1.29 is 66.4 Å². The third-order valence-electron chi connectivity index (χ3n) is 0.316. The van der Waals surface area contributed by atoms with E-state index in [0.29, 0.717) is 0 Å². The molecule has 4 heteroatoms. The van der Waals surface area contributed by atoms with Gasteiger partial charge in [-0.1, -0.05) is 0 Å². The van der Waals surface area contributed by atoms with E-state index < -0.39 is 5.97 Å². The Kier molecular flexibility index (Phi) is 11.0. The van der Waals surface area contributed by atoms with Crippen LogP contribution in [0.2, 0.25) is 0 Å². The molecule has 0 aromatic rings. The summed E-state index contributed by atoms with van der Waals surface area (Å²) in [7, 11) is 0. The molecule has 0 bridgehead atoms. The quantitative estimate of drug-likeness (QED) is 0.379. The Morgan fingerprint density at radius 1 is 1.71 bits per heavy atom. The fourth-order valence-corrected chi connectivity index (χ4v) is 0.0913. The Balaban J connectivity index is 0. The van der Waals surface area contributed by atoms with Gasteiger partial charge in [0.25, 0.3) is 0 Å². The van der Waals surface area contributed by atoms with Crippen molar-refractivity contribution in [3.63, 3.8) is 0 Å². The zero-order valence-corrected chi connectivity index (χ0v) is 7.30. The molecule has 3 nitrogen and oxygen atoms in total. The largest absolute Gasteiger partial charge is 1.00 e. The predicted molar refractivity (Wildman–Crippen MR) is 16.7 cm³/mol. The minimum atomic E-state index is -1.21. The summed E-state index contributed by atoms with van der Waals surface area (Å²) in [5.74, 6) is -1.21. The second-order valence-electron chi connectivity index (χ2n) is 0.846. The second kappa shape index (κ2) is 7.07. The number of carbonyl (C=O) groups is 1. The van der Waals surface area contributed by atoms with E-state index in [1.807, 2.05) is 0 Å². The molecule has 0 aliphatic rings. The summed E-state index contributed by atoms with van der Waals surface area (Å²) >= 11 is 0. The monoisotopic (exact) mass is 128 g/mol. The molecule has 0 radical (unpaired) electrons. The fraction of sp³-hybridized carbons (Fsp3) is 0.667. The number of aliphatic carboxylic acids is 1. The maximum atomic E-state index is 9.33. The van der Waals surface area contributed by atoms with E-state index in [-0.39, 0.29) is 64.4 Å². The van der Waals surface area contributed by atoms with Crippen molar-refractivity contribution in [2.45, 2.75) is 6.42 Å². The molecule has 0 aliphatic carbocycles. The van der Waals surface area contributed by atoms with Gasteiger partial charge >= 0.3 is 51.4 Å².